The largest absolute Gasteiger partial charge is 0.495 e. The Labute approximate surface area is 121 Å². The summed E-state index contributed by atoms with van der Waals surface area (Å²) in [5.74, 6) is 0.600. The smallest absolute Gasteiger partial charge is 0.269 e. The standard InChI is InChI=1S/C15H13N3O3/c1-21-15-8-3-2-7-13(15)17-14(10-16)11-5-4-6-12(9-11)18(19)20/h2-9,14,17H,1H3/t14-/m0/s1. The topological polar surface area (TPSA) is 88.2 Å². The molecule has 0 radical (unpaired) electrons. The van der Waals surface area contributed by atoms with E-state index in [4.69, 9.17) is 4.74 Å². The minimum absolute atomic E-state index is 0.0467. The number of nitro benzene ring substituents is 1. The van der Waals surface area contributed by atoms with Crippen molar-refractivity contribution in [2.75, 3.05) is 12.4 Å². The van der Waals surface area contributed by atoms with Crippen LogP contribution in [0.15, 0.2) is 48.5 Å². The molecule has 0 aliphatic rings. The molecule has 2 rings (SSSR count). The first-order valence-corrected chi connectivity index (χ1v) is 6.19. The summed E-state index contributed by atoms with van der Waals surface area (Å²) in [7, 11) is 1.54. The molecule has 0 saturated heterocycles. The van der Waals surface area contributed by atoms with Crippen molar-refractivity contribution in [3.05, 3.63) is 64.2 Å². The number of hydrogen-bond donors (Lipinski definition) is 1. The number of ether oxygens (including phenoxy) is 1. The molecule has 0 aliphatic carbocycles. The quantitative estimate of drug-likeness (QED) is 0.672. The summed E-state index contributed by atoms with van der Waals surface area (Å²) in [6.07, 6.45) is 0. The third kappa shape index (κ3) is 3.28. The van der Waals surface area contributed by atoms with Crippen LogP contribution in [-0.2, 0) is 0 Å². The summed E-state index contributed by atoms with van der Waals surface area (Å²) in [4.78, 5) is 10.3. The highest BCUT2D eigenvalue weighted by molar-refractivity contribution is 5.58. The predicted molar refractivity (Wildman–Crippen MR) is 78.1 cm³/mol. The molecule has 2 aromatic rings. The van der Waals surface area contributed by atoms with E-state index >= 15 is 0 Å². The molecule has 0 heterocycles. The van der Waals surface area contributed by atoms with Gasteiger partial charge in [-0.3, -0.25) is 10.1 Å². The van der Waals surface area contributed by atoms with Crippen molar-refractivity contribution in [3.8, 4) is 11.8 Å². The maximum absolute atomic E-state index is 10.8. The summed E-state index contributed by atoms with van der Waals surface area (Å²) < 4.78 is 5.21. The average molecular weight is 283 g/mol. The number of nitriles is 1. The van der Waals surface area contributed by atoms with Crippen LogP contribution in [0.25, 0.3) is 0 Å². The van der Waals surface area contributed by atoms with Crippen LogP contribution in [-0.4, -0.2) is 12.0 Å². The molecule has 1 N–H and O–H groups in total. The fraction of sp³-hybridized carbons (Fsp3) is 0.133. The molecule has 6 nitrogen and oxygen atoms in total. The Morgan fingerprint density at radius 2 is 2.05 bits per heavy atom. The molecule has 0 spiro atoms. The minimum Gasteiger partial charge on any atom is -0.495 e. The van der Waals surface area contributed by atoms with E-state index in [0.717, 1.165) is 0 Å². The van der Waals surface area contributed by atoms with Crippen molar-refractivity contribution in [1.29, 1.82) is 5.26 Å². The number of para-hydroxylation sites is 2. The minimum atomic E-state index is -0.707. The molecule has 2 aromatic carbocycles. The van der Waals surface area contributed by atoms with Gasteiger partial charge in [0.25, 0.3) is 5.69 Å². The van der Waals surface area contributed by atoms with Gasteiger partial charge in [0.1, 0.15) is 11.8 Å². The van der Waals surface area contributed by atoms with E-state index < -0.39 is 11.0 Å². The van der Waals surface area contributed by atoms with Gasteiger partial charge >= 0.3 is 0 Å². The van der Waals surface area contributed by atoms with Gasteiger partial charge in [-0.1, -0.05) is 24.3 Å². The third-order valence-corrected chi connectivity index (χ3v) is 2.95. The van der Waals surface area contributed by atoms with Crippen LogP contribution in [0.2, 0.25) is 0 Å². The second-order valence-corrected chi connectivity index (χ2v) is 4.26. The SMILES string of the molecule is COc1ccccc1N[C@@H](C#N)c1cccc([N+](=O)[O-])c1. The highest BCUT2D eigenvalue weighted by Gasteiger charge is 2.15. The maximum Gasteiger partial charge on any atom is 0.269 e. The van der Waals surface area contributed by atoms with Crippen molar-refractivity contribution in [2.45, 2.75) is 6.04 Å². The van der Waals surface area contributed by atoms with Gasteiger partial charge in [-0.15, -0.1) is 0 Å². The van der Waals surface area contributed by atoms with Crippen LogP contribution < -0.4 is 10.1 Å². The zero-order valence-corrected chi connectivity index (χ0v) is 11.3. The highest BCUT2D eigenvalue weighted by atomic mass is 16.6. The monoisotopic (exact) mass is 283 g/mol. The first-order chi connectivity index (χ1) is 10.2. The van der Waals surface area contributed by atoms with Crippen LogP contribution in [0.3, 0.4) is 0 Å². The van der Waals surface area contributed by atoms with Gasteiger partial charge in [0.2, 0.25) is 0 Å². The summed E-state index contributed by atoms with van der Waals surface area (Å²) >= 11 is 0. The van der Waals surface area contributed by atoms with Crippen molar-refractivity contribution in [2.24, 2.45) is 0 Å². The first kappa shape index (κ1) is 14.3. The van der Waals surface area contributed by atoms with Gasteiger partial charge in [0.05, 0.1) is 23.8 Å². The third-order valence-electron chi connectivity index (χ3n) is 2.95. The van der Waals surface area contributed by atoms with Crippen molar-refractivity contribution in [1.82, 2.24) is 0 Å². The van der Waals surface area contributed by atoms with Gasteiger partial charge in [0.15, 0.2) is 0 Å². The molecule has 1 atom stereocenters. The van der Waals surface area contributed by atoms with E-state index in [0.29, 0.717) is 17.0 Å². The molecule has 21 heavy (non-hydrogen) atoms. The Balaban J connectivity index is 2.30. The molecule has 0 aromatic heterocycles. The molecule has 106 valence electrons. The first-order valence-electron chi connectivity index (χ1n) is 6.19. The Bertz CT molecular complexity index is 695. The second-order valence-electron chi connectivity index (χ2n) is 4.26. The van der Waals surface area contributed by atoms with E-state index in [1.54, 1.807) is 24.3 Å². The molecule has 0 saturated carbocycles. The number of nitrogens with one attached hydrogen (secondary N) is 1. The number of rotatable bonds is 5. The lowest BCUT2D eigenvalue weighted by atomic mass is 10.1. The molecular formula is C15H13N3O3. The average Bonchev–Trinajstić information content (AvgIpc) is 2.53. The zero-order chi connectivity index (χ0) is 15.2. The lowest BCUT2D eigenvalue weighted by Crippen LogP contribution is -2.09. The van der Waals surface area contributed by atoms with Crippen LogP contribution in [0.4, 0.5) is 11.4 Å². The van der Waals surface area contributed by atoms with E-state index in [1.807, 2.05) is 12.1 Å². The van der Waals surface area contributed by atoms with E-state index in [1.165, 1.54) is 19.2 Å². The fourth-order valence-corrected chi connectivity index (χ4v) is 1.93. The highest BCUT2D eigenvalue weighted by Crippen LogP contribution is 2.28. The van der Waals surface area contributed by atoms with Crippen molar-refractivity contribution >= 4 is 11.4 Å². The molecule has 0 fully saturated rings. The Morgan fingerprint density at radius 1 is 1.29 bits per heavy atom. The van der Waals surface area contributed by atoms with Crippen molar-refractivity contribution < 1.29 is 9.66 Å². The van der Waals surface area contributed by atoms with Gasteiger partial charge in [-0.05, 0) is 17.7 Å². The summed E-state index contributed by atoms with van der Waals surface area (Å²) in [5.41, 5.74) is 1.13. The lowest BCUT2D eigenvalue weighted by molar-refractivity contribution is -0.384. The number of methoxy groups -OCH3 is 1. The molecule has 0 aliphatic heterocycles. The summed E-state index contributed by atoms with van der Waals surface area (Å²) in [6.45, 7) is 0. The number of benzene rings is 2. The normalized spacial score (nSPS) is 11.2. The molecule has 0 unspecified atom stereocenters. The van der Waals surface area contributed by atoms with E-state index in [2.05, 4.69) is 11.4 Å². The van der Waals surface area contributed by atoms with E-state index in [9.17, 15) is 15.4 Å². The molecule has 0 bridgehead atoms. The summed E-state index contributed by atoms with van der Waals surface area (Å²) in [5, 5.41) is 23.1. The Hall–Kier alpha value is -3.07. The van der Waals surface area contributed by atoms with Gasteiger partial charge in [0, 0.05) is 12.1 Å². The molecule has 6 heteroatoms. The number of nitro groups is 1. The second kappa shape index (κ2) is 6.39. The van der Waals surface area contributed by atoms with Gasteiger partial charge < -0.3 is 10.1 Å². The summed E-state index contributed by atoms with van der Waals surface area (Å²) in [6, 6.07) is 14.6. The molecular weight excluding hydrogens is 270 g/mol. The Kier molecular flexibility index (Phi) is 4.36. The maximum atomic E-state index is 10.8. The lowest BCUT2D eigenvalue weighted by Gasteiger charge is -2.15. The van der Waals surface area contributed by atoms with Crippen molar-refractivity contribution in [3.63, 3.8) is 0 Å². The Morgan fingerprint density at radius 3 is 2.71 bits per heavy atom. The van der Waals surface area contributed by atoms with Crippen LogP contribution in [0, 0.1) is 21.4 Å². The fourth-order valence-electron chi connectivity index (χ4n) is 1.93. The number of hydrogen-bond acceptors (Lipinski definition) is 5. The zero-order valence-electron chi connectivity index (χ0n) is 11.3. The van der Waals surface area contributed by atoms with Gasteiger partial charge in [-0.2, -0.15) is 5.26 Å². The van der Waals surface area contributed by atoms with Gasteiger partial charge in [-0.25, -0.2) is 0 Å². The van der Waals surface area contributed by atoms with Crippen LogP contribution in [0.5, 0.6) is 5.75 Å². The number of nitrogens with zero attached hydrogens (tertiary/aromatic N) is 2. The number of non-ortho nitro benzene ring substituents is 1. The van der Waals surface area contributed by atoms with E-state index in [-0.39, 0.29) is 5.69 Å². The number of anilines is 1. The molecule has 0 amide bonds. The predicted octanol–water partition coefficient (Wildman–Crippen LogP) is 3.28. The van der Waals surface area contributed by atoms with Crippen LogP contribution >= 0.6 is 0 Å². The van der Waals surface area contributed by atoms with Crippen LogP contribution in [0.1, 0.15) is 11.6 Å².